The summed E-state index contributed by atoms with van der Waals surface area (Å²) in [6.45, 7) is 3.44. The zero-order valence-electron chi connectivity index (χ0n) is 15.3. The van der Waals surface area contributed by atoms with Crippen LogP contribution in [0, 0.1) is 11.3 Å². The second-order valence-corrected chi connectivity index (χ2v) is 6.58. The van der Waals surface area contributed by atoms with Crippen molar-refractivity contribution in [3.63, 3.8) is 0 Å². The number of hydrogen-bond donors (Lipinski definition) is 2. The number of piperidine rings is 1. The van der Waals surface area contributed by atoms with Gasteiger partial charge in [-0.15, -0.1) is 0 Å². The van der Waals surface area contributed by atoms with Crippen molar-refractivity contribution < 1.29 is 14.3 Å². The number of nitriles is 1. The van der Waals surface area contributed by atoms with Gasteiger partial charge in [-0.25, -0.2) is 9.78 Å². The van der Waals surface area contributed by atoms with Gasteiger partial charge in [0.15, 0.2) is 0 Å². The fraction of sp³-hybridized carbons (Fsp3) is 0.474. The molecule has 8 heteroatoms. The Labute approximate surface area is 157 Å². The van der Waals surface area contributed by atoms with Crippen molar-refractivity contribution >= 4 is 28.6 Å². The number of nitrogens with one attached hydrogen (secondary N) is 2. The van der Waals surface area contributed by atoms with E-state index in [4.69, 9.17) is 10.00 Å². The highest BCUT2D eigenvalue weighted by molar-refractivity contribution is 6.04. The number of fused-ring (bicyclic) bond motifs is 1. The van der Waals surface area contributed by atoms with Crippen molar-refractivity contribution in [2.75, 3.05) is 25.0 Å². The molecule has 2 N–H and O–H groups in total. The predicted molar refractivity (Wildman–Crippen MR) is 100 cm³/mol. The quantitative estimate of drug-likeness (QED) is 0.757. The maximum absolute atomic E-state index is 12.5. The average molecular weight is 369 g/mol. The standard InChI is InChI=1S/C19H23N5O3/c1-2-10-27-19(26)15-11-22-18-14(6-8-21-18)17(15)23-13-4-3-9-24(12-13)16(25)5-7-20/h6,8,11,13H,2-5,9-10,12H2,1H3,(H2,21,22,23)/t13-/m1/s1. The van der Waals surface area contributed by atoms with E-state index in [9.17, 15) is 9.59 Å². The second-order valence-electron chi connectivity index (χ2n) is 6.58. The average Bonchev–Trinajstić information content (AvgIpc) is 3.16. The minimum atomic E-state index is -0.414. The fourth-order valence-electron chi connectivity index (χ4n) is 3.30. The minimum Gasteiger partial charge on any atom is -0.462 e. The van der Waals surface area contributed by atoms with Crippen molar-refractivity contribution in [3.8, 4) is 6.07 Å². The van der Waals surface area contributed by atoms with Gasteiger partial charge in [-0.2, -0.15) is 5.26 Å². The first-order chi connectivity index (χ1) is 13.1. The van der Waals surface area contributed by atoms with E-state index in [1.54, 1.807) is 11.1 Å². The van der Waals surface area contributed by atoms with Crippen molar-refractivity contribution in [1.29, 1.82) is 5.26 Å². The van der Waals surface area contributed by atoms with Gasteiger partial charge in [-0.3, -0.25) is 4.79 Å². The van der Waals surface area contributed by atoms with Crippen molar-refractivity contribution in [3.05, 3.63) is 24.0 Å². The molecule has 1 aliphatic rings. The van der Waals surface area contributed by atoms with E-state index in [-0.39, 0.29) is 18.4 Å². The highest BCUT2D eigenvalue weighted by Crippen LogP contribution is 2.28. The maximum atomic E-state index is 12.5. The third-order valence-electron chi connectivity index (χ3n) is 4.60. The Balaban J connectivity index is 1.84. The van der Waals surface area contributed by atoms with Gasteiger partial charge in [0, 0.05) is 36.9 Å². The van der Waals surface area contributed by atoms with Gasteiger partial charge in [-0.1, -0.05) is 6.92 Å². The highest BCUT2D eigenvalue weighted by Gasteiger charge is 2.26. The zero-order chi connectivity index (χ0) is 19.2. The van der Waals surface area contributed by atoms with Crippen LogP contribution in [0.15, 0.2) is 18.5 Å². The minimum absolute atomic E-state index is 0.0142. The Morgan fingerprint density at radius 3 is 3.15 bits per heavy atom. The molecule has 1 amide bonds. The van der Waals surface area contributed by atoms with Crippen LogP contribution in [0.25, 0.3) is 11.0 Å². The molecule has 142 valence electrons. The summed E-state index contributed by atoms with van der Waals surface area (Å²) in [4.78, 5) is 33.6. The fourth-order valence-corrected chi connectivity index (χ4v) is 3.30. The van der Waals surface area contributed by atoms with E-state index >= 15 is 0 Å². The molecule has 0 aliphatic carbocycles. The largest absolute Gasteiger partial charge is 0.462 e. The van der Waals surface area contributed by atoms with E-state index in [0.717, 1.165) is 24.6 Å². The Kier molecular flexibility index (Phi) is 5.91. The Morgan fingerprint density at radius 2 is 2.37 bits per heavy atom. The number of aromatic nitrogens is 2. The maximum Gasteiger partial charge on any atom is 0.341 e. The molecule has 0 aromatic carbocycles. The summed E-state index contributed by atoms with van der Waals surface area (Å²) < 4.78 is 5.29. The molecular weight excluding hydrogens is 346 g/mol. The summed E-state index contributed by atoms with van der Waals surface area (Å²) in [6.07, 6.45) is 5.62. The van der Waals surface area contributed by atoms with Crippen LogP contribution in [0.2, 0.25) is 0 Å². The van der Waals surface area contributed by atoms with Crippen LogP contribution in [0.4, 0.5) is 5.69 Å². The van der Waals surface area contributed by atoms with E-state index in [2.05, 4.69) is 15.3 Å². The SMILES string of the molecule is CCCOC(=O)c1cnc2[nH]ccc2c1N[C@@H]1CCCN(C(=O)CC#N)C1. The monoisotopic (exact) mass is 369 g/mol. The molecule has 8 nitrogen and oxygen atoms in total. The van der Waals surface area contributed by atoms with Gasteiger partial charge in [-0.05, 0) is 25.3 Å². The molecule has 0 saturated carbocycles. The van der Waals surface area contributed by atoms with Gasteiger partial charge in [0.25, 0.3) is 0 Å². The smallest absolute Gasteiger partial charge is 0.341 e. The number of pyridine rings is 1. The number of hydrogen-bond acceptors (Lipinski definition) is 6. The van der Waals surface area contributed by atoms with Crippen molar-refractivity contribution in [1.82, 2.24) is 14.9 Å². The number of esters is 1. The summed E-state index contributed by atoms with van der Waals surface area (Å²) in [5.41, 5.74) is 1.73. The first-order valence-corrected chi connectivity index (χ1v) is 9.18. The summed E-state index contributed by atoms with van der Waals surface area (Å²) in [7, 11) is 0. The lowest BCUT2D eigenvalue weighted by atomic mass is 10.0. The molecular formula is C19H23N5O3. The Hall–Kier alpha value is -3.08. The van der Waals surface area contributed by atoms with Crippen molar-refractivity contribution in [2.45, 2.75) is 38.6 Å². The molecule has 0 bridgehead atoms. The topological polar surface area (TPSA) is 111 Å². The first-order valence-electron chi connectivity index (χ1n) is 9.18. The van der Waals surface area contributed by atoms with Gasteiger partial charge >= 0.3 is 5.97 Å². The number of anilines is 1. The molecule has 1 fully saturated rings. The molecule has 1 aliphatic heterocycles. The lowest BCUT2D eigenvalue weighted by Crippen LogP contribution is -2.45. The summed E-state index contributed by atoms with van der Waals surface area (Å²) in [5.74, 6) is -0.573. The lowest BCUT2D eigenvalue weighted by Gasteiger charge is -2.33. The molecule has 3 rings (SSSR count). The Bertz CT molecular complexity index is 870. The number of aromatic amines is 1. The summed E-state index contributed by atoms with van der Waals surface area (Å²) in [5, 5.41) is 13.0. The normalized spacial score (nSPS) is 16.7. The van der Waals surface area contributed by atoms with E-state index in [1.165, 1.54) is 6.20 Å². The van der Waals surface area contributed by atoms with Crippen LogP contribution in [0.3, 0.4) is 0 Å². The third-order valence-corrected chi connectivity index (χ3v) is 4.60. The van der Waals surface area contributed by atoms with E-state index in [1.807, 2.05) is 19.1 Å². The lowest BCUT2D eigenvalue weighted by molar-refractivity contribution is -0.131. The van der Waals surface area contributed by atoms with Gasteiger partial charge in [0.1, 0.15) is 17.6 Å². The molecule has 0 radical (unpaired) electrons. The first kappa shape index (κ1) is 18.7. The van der Waals surface area contributed by atoms with Crippen LogP contribution in [0.5, 0.6) is 0 Å². The molecule has 0 spiro atoms. The van der Waals surface area contributed by atoms with Gasteiger partial charge in [0.05, 0.1) is 18.4 Å². The number of rotatable bonds is 6. The highest BCUT2D eigenvalue weighted by atomic mass is 16.5. The molecule has 3 heterocycles. The number of ether oxygens (including phenoxy) is 1. The van der Waals surface area contributed by atoms with Gasteiger partial charge in [0.2, 0.25) is 5.91 Å². The molecule has 2 aromatic heterocycles. The molecule has 2 aromatic rings. The molecule has 1 atom stereocenters. The number of nitrogens with zero attached hydrogens (tertiary/aromatic N) is 3. The molecule has 0 unspecified atom stereocenters. The predicted octanol–water partition coefficient (Wildman–Crippen LogP) is 2.45. The van der Waals surface area contributed by atoms with Crippen molar-refractivity contribution in [2.24, 2.45) is 0 Å². The van der Waals surface area contributed by atoms with Crippen LogP contribution in [0.1, 0.15) is 43.0 Å². The van der Waals surface area contributed by atoms with Crippen LogP contribution >= 0.6 is 0 Å². The Morgan fingerprint density at radius 1 is 1.52 bits per heavy atom. The summed E-state index contributed by atoms with van der Waals surface area (Å²) >= 11 is 0. The number of H-pyrrole nitrogens is 1. The zero-order valence-corrected chi connectivity index (χ0v) is 15.3. The third kappa shape index (κ3) is 4.19. The summed E-state index contributed by atoms with van der Waals surface area (Å²) in [6, 6.07) is 3.76. The molecule has 1 saturated heterocycles. The van der Waals surface area contributed by atoms with Crippen LogP contribution < -0.4 is 5.32 Å². The number of likely N-dealkylation sites (tertiary alicyclic amines) is 1. The van der Waals surface area contributed by atoms with E-state index < -0.39 is 5.97 Å². The molecule has 27 heavy (non-hydrogen) atoms. The van der Waals surface area contributed by atoms with Crippen LogP contribution in [-0.2, 0) is 9.53 Å². The number of amides is 1. The second kappa shape index (κ2) is 8.54. The number of carbonyl (C=O) groups excluding carboxylic acids is 2. The van der Waals surface area contributed by atoms with E-state index in [0.29, 0.717) is 36.6 Å². The van der Waals surface area contributed by atoms with Gasteiger partial charge < -0.3 is 19.9 Å². The number of carbonyl (C=O) groups is 2. The van der Waals surface area contributed by atoms with Crippen LogP contribution in [-0.4, -0.2) is 52.5 Å².